The molecule has 0 N–H and O–H groups in total. The van der Waals surface area contributed by atoms with Crippen molar-refractivity contribution in [3.05, 3.63) is 158 Å². The zero-order valence-corrected chi connectivity index (χ0v) is 27.8. The summed E-state index contributed by atoms with van der Waals surface area (Å²) >= 11 is 0. The fourth-order valence-electron chi connectivity index (χ4n) is 7.54. The van der Waals surface area contributed by atoms with Crippen molar-refractivity contribution in [1.82, 2.24) is 19.1 Å². The summed E-state index contributed by atoms with van der Waals surface area (Å²) in [6, 6.07) is 57.0. The molecule has 0 aliphatic rings. The lowest BCUT2D eigenvalue weighted by Crippen LogP contribution is -1.92. The minimum absolute atomic E-state index is 0.983. The molecule has 10 aromatic rings. The Balaban J connectivity index is 0.963. The molecule has 0 radical (unpaired) electrons. The highest BCUT2D eigenvalue weighted by atomic mass is 15.1. The SMILES string of the molecule is Cn1c(-c2ccc3cc(-c4ccc5ccc(-c6ccc7cc(-c8nc9ccccc9n8C)ccc7c6)cc5c4)ccc3c2)nc2ccccc21. The number of imidazole rings is 2. The maximum absolute atomic E-state index is 4.91. The van der Waals surface area contributed by atoms with Gasteiger partial charge in [-0.3, -0.25) is 0 Å². The molecule has 0 saturated heterocycles. The highest BCUT2D eigenvalue weighted by Crippen LogP contribution is 2.34. The van der Waals surface area contributed by atoms with E-state index >= 15 is 0 Å². The molecule has 10 rings (SSSR count). The van der Waals surface area contributed by atoms with E-state index in [1.54, 1.807) is 0 Å². The van der Waals surface area contributed by atoms with Gasteiger partial charge in [-0.15, -0.1) is 0 Å². The van der Waals surface area contributed by atoms with E-state index in [0.29, 0.717) is 0 Å². The van der Waals surface area contributed by atoms with Crippen LogP contribution in [0.5, 0.6) is 0 Å². The molecular weight excluding hydrogens is 609 g/mol. The number of aromatic nitrogens is 4. The number of nitrogens with zero attached hydrogens (tertiary/aromatic N) is 4. The number of benzene rings is 8. The van der Waals surface area contributed by atoms with Crippen LogP contribution in [0.2, 0.25) is 0 Å². The first kappa shape index (κ1) is 28.5. The van der Waals surface area contributed by atoms with Crippen LogP contribution < -0.4 is 0 Å². The van der Waals surface area contributed by atoms with Crippen molar-refractivity contribution < 1.29 is 0 Å². The molecule has 0 unspecified atom stereocenters. The lowest BCUT2D eigenvalue weighted by molar-refractivity contribution is 0.960. The molecule has 4 heteroatoms. The Kier molecular flexibility index (Phi) is 6.27. The summed E-state index contributed by atoms with van der Waals surface area (Å²) in [5.41, 5.74) is 11.4. The lowest BCUT2D eigenvalue weighted by Gasteiger charge is -2.10. The molecule has 0 spiro atoms. The summed E-state index contributed by atoms with van der Waals surface area (Å²) in [5.74, 6) is 1.97. The first-order chi connectivity index (χ1) is 24.6. The van der Waals surface area contributed by atoms with Crippen LogP contribution in [0.15, 0.2) is 158 Å². The first-order valence-electron chi connectivity index (χ1n) is 17.0. The van der Waals surface area contributed by atoms with Crippen molar-refractivity contribution >= 4 is 54.4 Å². The van der Waals surface area contributed by atoms with Crippen LogP contribution in [-0.4, -0.2) is 19.1 Å². The van der Waals surface area contributed by atoms with Gasteiger partial charge in [0, 0.05) is 25.2 Å². The summed E-state index contributed by atoms with van der Waals surface area (Å²) in [7, 11) is 4.17. The quantitative estimate of drug-likeness (QED) is 0.192. The maximum Gasteiger partial charge on any atom is 0.140 e. The topological polar surface area (TPSA) is 35.6 Å². The Morgan fingerprint density at radius 2 is 0.640 bits per heavy atom. The van der Waals surface area contributed by atoms with Crippen LogP contribution in [0.3, 0.4) is 0 Å². The standard InChI is InChI=1S/C46H32N4/c1-49-43-9-5-3-7-41(43)47-45(49)38-21-19-32-23-30(15-17-34(32)25-38)36-13-11-29-12-14-37(28-40(29)27-36)31-16-18-35-26-39(22-20-33(35)24-31)46-48-42-8-4-6-10-44(42)50(46)2/h3-28H,1-2H3. The van der Waals surface area contributed by atoms with Crippen molar-refractivity contribution in [3.8, 4) is 45.0 Å². The third kappa shape index (κ3) is 4.61. The van der Waals surface area contributed by atoms with Crippen LogP contribution in [-0.2, 0) is 14.1 Å². The normalized spacial score (nSPS) is 11.8. The Morgan fingerprint density at radius 3 is 1.04 bits per heavy atom. The zero-order valence-electron chi connectivity index (χ0n) is 27.8. The summed E-state index contributed by atoms with van der Waals surface area (Å²) in [4.78, 5) is 9.82. The fraction of sp³-hybridized carbons (Fsp3) is 0.0435. The zero-order chi connectivity index (χ0) is 33.3. The van der Waals surface area contributed by atoms with E-state index in [4.69, 9.17) is 9.97 Å². The highest BCUT2D eigenvalue weighted by Gasteiger charge is 2.13. The minimum atomic E-state index is 0.983. The molecule has 0 atom stereocenters. The van der Waals surface area contributed by atoms with Crippen LogP contribution >= 0.6 is 0 Å². The predicted molar refractivity (Wildman–Crippen MR) is 209 cm³/mol. The van der Waals surface area contributed by atoms with Crippen LogP contribution in [0.1, 0.15) is 0 Å². The first-order valence-corrected chi connectivity index (χ1v) is 17.0. The predicted octanol–water partition coefficient (Wildman–Crippen LogP) is 11.6. The van der Waals surface area contributed by atoms with Gasteiger partial charge in [-0.1, -0.05) is 97.1 Å². The molecule has 2 heterocycles. The van der Waals surface area contributed by atoms with E-state index in [0.717, 1.165) is 44.8 Å². The second kappa shape index (κ2) is 11.0. The number of hydrogen-bond donors (Lipinski definition) is 0. The molecule has 4 nitrogen and oxygen atoms in total. The maximum atomic E-state index is 4.91. The van der Waals surface area contributed by atoms with Gasteiger partial charge >= 0.3 is 0 Å². The monoisotopic (exact) mass is 640 g/mol. The Hall–Kier alpha value is -6.52. The fourth-order valence-corrected chi connectivity index (χ4v) is 7.54. The van der Waals surface area contributed by atoms with Gasteiger partial charge in [-0.05, 0) is 115 Å². The largest absolute Gasteiger partial charge is 0.327 e. The molecule has 0 bridgehead atoms. The van der Waals surface area contributed by atoms with Gasteiger partial charge in [-0.2, -0.15) is 0 Å². The Labute approximate surface area is 289 Å². The van der Waals surface area contributed by atoms with Gasteiger partial charge in [0.05, 0.1) is 22.1 Å². The van der Waals surface area contributed by atoms with Gasteiger partial charge in [0.2, 0.25) is 0 Å². The Morgan fingerprint density at radius 1 is 0.320 bits per heavy atom. The lowest BCUT2D eigenvalue weighted by atomic mass is 9.95. The van der Waals surface area contributed by atoms with E-state index in [1.807, 2.05) is 12.1 Å². The molecule has 0 aliphatic carbocycles. The molecule has 2 aromatic heterocycles. The van der Waals surface area contributed by atoms with Crippen LogP contribution in [0.25, 0.3) is 99.4 Å². The van der Waals surface area contributed by atoms with E-state index in [2.05, 4.69) is 169 Å². The van der Waals surface area contributed by atoms with Gasteiger partial charge in [-0.25, -0.2) is 9.97 Å². The van der Waals surface area contributed by atoms with Crippen molar-refractivity contribution in [3.63, 3.8) is 0 Å². The van der Waals surface area contributed by atoms with E-state index in [-0.39, 0.29) is 0 Å². The van der Waals surface area contributed by atoms with Crippen LogP contribution in [0, 0.1) is 0 Å². The molecule has 0 fully saturated rings. The number of hydrogen-bond acceptors (Lipinski definition) is 2. The second-order valence-electron chi connectivity index (χ2n) is 13.3. The second-order valence-corrected chi connectivity index (χ2v) is 13.3. The highest BCUT2D eigenvalue weighted by molar-refractivity contribution is 5.96. The third-order valence-electron chi connectivity index (χ3n) is 10.3. The molecule has 8 aromatic carbocycles. The van der Waals surface area contributed by atoms with E-state index in [1.165, 1.54) is 54.6 Å². The summed E-state index contributed by atoms with van der Waals surface area (Å²) in [6.45, 7) is 0. The average molecular weight is 641 g/mol. The van der Waals surface area contributed by atoms with Crippen molar-refractivity contribution in [2.45, 2.75) is 0 Å². The van der Waals surface area contributed by atoms with Crippen molar-refractivity contribution in [2.24, 2.45) is 14.1 Å². The minimum Gasteiger partial charge on any atom is -0.327 e. The van der Waals surface area contributed by atoms with Crippen molar-refractivity contribution in [2.75, 3.05) is 0 Å². The molecular formula is C46H32N4. The van der Waals surface area contributed by atoms with Gasteiger partial charge in [0.15, 0.2) is 0 Å². The molecule has 50 heavy (non-hydrogen) atoms. The summed E-state index contributed by atoms with van der Waals surface area (Å²) < 4.78 is 4.35. The molecule has 236 valence electrons. The number of fused-ring (bicyclic) bond motifs is 5. The number of rotatable bonds is 4. The summed E-state index contributed by atoms with van der Waals surface area (Å²) in [6.07, 6.45) is 0. The Bertz CT molecular complexity index is 2760. The van der Waals surface area contributed by atoms with Gasteiger partial charge < -0.3 is 9.13 Å². The number of para-hydroxylation sites is 4. The van der Waals surface area contributed by atoms with Gasteiger partial charge in [0.25, 0.3) is 0 Å². The average Bonchev–Trinajstić information content (AvgIpc) is 3.69. The van der Waals surface area contributed by atoms with Crippen LogP contribution in [0.4, 0.5) is 0 Å². The van der Waals surface area contributed by atoms with E-state index < -0.39 is 0 Å². The van der Waals surface area contributed by atoms with Gasteiger partial charge in [0.1, 0.15) is 11.6 Å². The number of aryl methyl sites for hydroxylation is 2. The summed E-state index contributed by atoms with van der Waals surface area (Å²) in [5, 5.41) is 7.31. The van der Waals surface area contributed by atoms with E-state index in [9.17, 15) is 0 Å². The molecule has 0 aliphatic heterocycles. The smallest absolute Gasteiger partial charge is 0.140 e. The third-order valence-corrected chi connectivity index (χ3v) is 10.3. The van der Waals surface area contributed by atoms with Crippen molar-refractivity contribution in [1.29, 1.82) is 0 Å². The molecule has 0 saturated carbocycles. The molecule has 0 amide bonds.